The van der Waals surface area contributed by atoms with Crippen LogP contribution < -0.4 is 10.1 Å². The Kier molecular flexibility index (Phi) is 7.34. The first-order valence-corrected chi connectivity index (χ1v) is 10.1. The SMILES string of the molecule is COC(=O)c1ccccc1NC(=O)COC(=O)c1ccc(OCc2csc(C)n2)cc1. The number of benzene rings is 2. The van der Waals surface area contributed by atoms with Gasteiger partial charge in [0.05, 0.1) is 34.6 Å². The number of nitrogens with one attached hydrogen (secondary N) is 1. The first kappa shape index (κ1) is 22.0. The van der Waals surface area contributed by atoms with E-state index >= 15 is 0 Å². The van der Waals surface area contributed by atoms with Crippen molar-refractivity contribution in [1.29, 1.82) is 0 Å². The third-order valence-corrected chi connectivity index (χ3v) is 4.91. The number of ether oxygens (including phenoxy) is 3. The number of amides is 1. The van der Waals surface area contributed by atoms with Crippen molar-refractivity contribution >= 4 is 34.9 Å². The monoisotopic (exact) mass is 440 g/mol. The van der Waals surface area contributed by atoms with E-state index in [1.165, 1.54) is 13.2 Å². The van der Waals surface area contributed by atoms with E-state index in [0.717, 1.165) is 10.7 Å². The van der Waals surface area contributed by atoms with Crippen molar-refractivity contribution in [2.75, 3.05) is 19.0 Å². The van der Waals surface area contributed by atoms with Gasteiger partial charge in [0, 0.05) is 5.38 Å². The first-order chi connectivity index (χ1) is 15.0. The molecule has 0 radical (unpaired) electrons. The third kappa shape index (κ3) is 6.13. The molecule has 0 aliphatic carbocycles. The molecule has 3 aromatic rings. The van der Waals surface area contributed by atoms with Crippen LogP contribution in [0.2, 0.25) is 0 Å². The Hall–Kier alpha value is -3.72. The van der Waals surface area contributed by atoms with Crippen LogP contribution in [0.5, 0.6) is 5.75 Å². The summed E-state index contributed by atoms with van der Waals surface area (Å²) in [6.07, 6.45) is 0. The number of anilines is 1. The predicted octanol–water partition coefficient (Wildman–Crippen LogP) is 3.61. The number of nitrogens with zero attached hydrogens (tertiary/aromatic N) is 1. The van der Waals surface area contributed by atoms with E-state index in [2.05, 4.69) is 15.0 Å². The molecule has 160 valence electrons. The van der Waals surface area contributed by atoms with E-state index in [4.69, 9.17) is 9.47 Å². The molecule has 31 heavy (non-hydrogen) atoms. The summed E-state index contributed by atoms with van der Waals surface area (Å²) in [5, 5.41) is 5.43. The van der Waals surface area contributed by atoms with Gasteiger partial charge in [-0.1, -0.05) is 12.1 Å². The van der Waals surface area contributed by atoms with Gasteiger partial charge >= 0.3 is 11.9 Å². The van der Waals surface area contributed by atoms with Gasteiger partial charge in [0.25, 0.3) is 5.91 Å². The van der Waals surface area contributed by atoms with Crippen LogP contribution in [0.25, 0.3) is 0 Å². The fraction of sp³-hybridized carbons (Fsp3) is 0.182. The van der Waals surface area contributed by atoms with Crippen LogP contribution in [0, 0.1) is 6.92 Å². The maximum absolute atomic E-state index is 12.2. The first-order valence-electron chi connectivity index (χ1n) is 9.24. The molecular weight excluding hydrogens is 420 g/mol. The Morgan fingerprint density at radius 1 is 1.03 bits per heavy atom. The molecule has 0 atom stereocenters. The van der Waals surface area contributed by atoms with Gasteiger partial charge < -0.3 is 19.5 Å². The molecule has 0 saturated carbocycles. The molecule has 0 saturated heterocycles. The molecule has 8 nitrogen and oxygen atoms in total. The smallest absolute Gasteiger partial charge is 0.339 e. The summed E-state index contributed by atoms with van der Waals surface area (Å²) in [5.41, 5.74) is 1.59. The van der Waals surface area contributed by atoms with Crippen molar-refractivity contribution in [3.05, 3.63) is 75.7 Å². The Morgan fingerprint density at radius 2 is 1.77 bits per heavy atom. The minimum absolute atomic E-state index is 0.202. The van der Waals surface area contributed by atoms with Gasteiger partial charge in [-0.05, 0) is 43.3 Å². The fourth-order valence-corrected chi connectivity index (χ4v) is 3.20. The van der Waals surface area contributed by atoms with Gasteiger partial charge in [-0.3, -0.25) is 4.79 Å². The lowest BCUT2D eigenvalue weighted by Gasteiger charge is -2.10. The van der Waals surface area contributed by atoms with Crippen molar-refractivity contribution < 1.29 is 28.6 Å². The fourth-order valence-electron chi connectivity index (χ4n) is 2.60. The number of hydrogen-bond acceptors (Lipinski definition) is 8. The van der Waals surface area contributed by atoms with Crippen molar-refractivity contribution in [1.82, 2.24) is 4.98 Å². The highest BCUT2D eigenvalue weighted by atomic mass is 32.1. The number of carbonyl (C=O) groups is 3. The second kappa shape index (κ2) is 10.4. The van der Waals surface area contributed by atoms with Gasteiger partial charge in [-0.15, -0.1) is 11.3 Å². The summed E-state index contributed by atoms with van der Waals surface area (Å²) >= 11 is 1.55. The molecule has 0 bridgehead atoms. The molecule has 1 amide bonds. The molecule has 9 heteroatoms. The predicted molar refractivity (Wildman–Crippen MR) is 114 cm³/mol. The van der Waals surface area contributed by atoms with Crippen molar-refractivity contribution in [2.45, 2.75) is 13.5 Å². The maximum atomic E-state index is 12.2. The van der Waals surface area contributed by atoms with Gasteiger partial charge in [0.2, 0.25) is 0 Å². The highest BCUT2D eigenvalue weighted by Crippen LogP contribution is 2.17. The molecule has 2 aromatic carbocycles. The summed E-state index contributed by atoms with van der Waals surface area (Å²) in [6, 6.07) is 12.8. The van der Waals surface area contributed by atoms with Crippen molar-refractivity contribution in [3.8, 4) is 5.75 Å². The second-order valence-corrected chi connectivity index (χ2v) is 7.39. The van der Waals surface area contributed by atoms with Crippen LogP contribution in [0.3, 0.4) is 0 Å². The number of thiazole rings is 1. The molecule has 3 rings (SSSR count). The van der Waals surface area contributed by atoms with E-state index < -0.39 is 24.5 Å². The van der Waals surface area contributed by atoms with Crippen LogP contribution in [0.4, 0.5) is 5.69 Å². The van der Waals surface area contributed by atoms with Gasteiger partial charge in [0.15, 0.2) is 6.61 Å². The van der Waals surface area contributed by atoms with E-state index in [0.29, 0.717) is 12.4 Å². The van der Waals surface area contributed by atoms with Crippen LogP contribution in [-0.4, -0.2) is 36.5 Å². The molecule has 0 unspecified atom stereocenters. The zero-order chi connectivity index (χ0) is 22.2. The molecule has 1 aromatic heterocycles. The lowest BCUT2D eigenvalue weighted by atomic mass is 10.2. The van der Waals surface area contributed by atoms with Crippen molar-refractivity contribution in [2.24, 2.45) is 0 Å². The van der Waals surface area contributed by atoms with Gasteiger partial charge in [-0.2, -0.15) is 0 Å². The number of methoxy groups -OCH3 is 1. The summed E-state index contributed by atoms with van der Waals surface area (Å²) in [7, 11) is 1.25. The average Bonchev–Trinajstić information content (AvgIpc) is 3.21. The van der Waals surface area contributed by atoms with Crippen LogP contribution in [-0.2, 0) is 20.9 Å². The minimum Gasteiger partial charge on any atom is -0.487 e. The number of esters is 2. The Balaban J connectivity index is 1.50. The Labute approximate surface area is 182 Å². The summed E-state index contributed by atoms with van der Waals surface area (Å²) in [5.74, 6) is -1.24. The van der Waals surface area contributed by atoms with Crippen LogP contribution in [0.1, 0.15) is 31.4 Å². The topological polar surface area (TPSA) is 104 Å². The lowest BCUT2D eigenvalue weighted by molar-refractivity contribution is -0.119. The highest BCUT2D eigenvalue weighted by Gasteiger charge is 2.15. The number of carbonyl (C=O) groups excluding carboxylic acids is 3. The normalized spacial score (nSPS) is 10.3. The third-order valence-electron chi connectivity index (χ3n) is 4.08. The van der Waals surface area contributed by atoms with E-state index in [1.807, 2.05) is 12.3 Å². The molecular formula is C22H20N2O6S. The summed E-state index contributed by atoms with van der Waals surface area (Å²) in [6.45, 7) is 1.75. The number of para-hydroxylation sites is 1. The zero-order valence-electron chi connectivity index (χ0n) is 16.9. The van der Waals surface area contributed by atoms with Gasteiger partial charge in [0.1, 0.15) is 12.4 Å². The lowest BCUT2D eigenvalue weighted by Crippen LogP contribution is -2.22. The van der Waals surface area contributed by atoms with Crippen LogP contribution in [0.15, 0.2) is 53.9 Å². The van der Waals surface area contributed by atoms with E-state index in [9.17, 15) is 14.4 Å². The largest absolute Gasteiger partial charge is 0.487 e. The maximum Gasteiger partial charge on any atom is 0.339 e. The molecule has 1 N–H and O–H groups in total. The van der Waals surface area contributed by atoms with E-state index in [1.54, 1.807) is 53.8 Å². The molecule has 0 fully saturated rings. The summed E-state index contributed by atoms with van der Waals surface area (Å²) in [4.78, 5) is 40.4. The standard InChI is InChI=1S/C22H20N2O6S/c1-14-23-16(13-31-14)11-29-17-9-7-15(8-10-17)21(26)30-12-20(25)24-19-6-4-3-5-18(19)22(27)28-2/h3-10,13H,11-12H2,1-2H3,(H,24,25). The molecule has 0 spiro atoms. The molecule has 1 heterocycles. The number of rotatable bonds is 8. The second-order valence-electron chi connectivity index (χ2n) is 6.33. The summed E-state index contributed by atoms with van der Waals surface area (Å²) < 4.78 is 15.4. The number of aryl methyl sites for hydroxylation is 1. The average molecular weight is 440 g/mol. The van der Waals surface area contributed by atoms with Crippen molar-refractivity contribution in [3.63, 3.8) is 0 Å². The van der Waals surface area contributed by atoms with Gasteiger partial charge in [-0.25, -0.2) is 14.6 Å². The quantitative estimate of drug-likeness (QED) is 0.534. The Morgan fingerprint density at radius 3 is 2.45 bits per heavy atom. The highest BCUT2D eigenvalue weighted by molar-refractivity contribution is 7.09. The Bertz CT molecular complexity index is 1080. The molecule has 0 aliphatic rings. The van der Waals surface area contributed by atoms with Crippen LogP contribution >= 0.6 is 11.3 Å². The van der Waals surface area contributed by atoms with E-state index in [-0.39, 0.29) is 16.8 Å². The zero-order valence-corrected chi connectivity index (χ0v) is 17.7. The molecule has 0 aliphatic heterocycles. The number of hydrogen-bond donors (Lipinski definition) is 1. The number of aromatic nitrogens is 1. The minimum atomic E-state index is -0.655.